The molecule has 0 radical (unpaired) electrons. The predicted molar refractivity (Wildman–Crippen MR) is 144 cm³/mol. The molecule has 0 unspecified atom stereocenters. The molecule has 4 heteroatoms. The molecular weight excluding hydrogens is 438 g/mol. The lowest BCUT2D eigenvalue weighted by Gasteiger charge is -2.21. The van der Waals surface area contributed by atoms with E-state index in [-0.39, 0.29) is 6.61 Å². The summed E-state index contributed by atoms with van der Waals surface area (Å²) in [6.07, 6.45) is 4.60. The number of aryl methyl sites for hydroxylation is 2. The second-order valence-corrected chi connectivity index (χ2v) is 9.95. The lowest BCUT2D eigenvalue weighted by atomic mass is 10.1. The summed E-state index contributed by atoms with van der Waals surface area (Å²) in [6.45, 7) is 5.47. The zero-order valence-electron chi connectivity index (χ0n) is 20.1. The van der Waals surface area contributed by atoms with Gasteiger partial charge in [-0.2, -0.15) is 0 Å². The Hall–Kier alpha value is -2.66. The highest BCUT2D eigenvalue weighted by Gasteiger charge is 2.10. The van der Waals surface area contributed by atoms with Crippen molar-refractivity contribution < 1.29 is 9.84 Å². The van der Waals surface area contributed by atoms with Gasteiger partial charge in [0.2, 0.25) is 0 Å². The number of hydrogen-bond donors (Lipinski definition) is 1. The van der Waals surface area contributed by atoms with Crippen LogP contribution in [0.4, 0.5) is 0 Å². The Labute approximate surface area is 207 Å². The van der Waals surface area contributed by atoms with Crippen molar-refractivity contribution in [1.82, 2.24) is 4.90 Å². The topological polar surface area (TPSA) is 32.7 Å². The molecule has 0 saturated carbocycles. The van der Waals surface area contributed by atoms with Crippen LogP contribution < -0.4 is 4.74 Å². The number of rotatable bonds is 13. The fraction of sp³-hybridized carbons (Fsp3) is 0.333. The molecule has 1 N–H and O–H groups in total. The lowest BCUT2D eigenvalue weighted by molar-refractivity contribution is 0.185. The van der Waals surface area contributed by atoms with Crippen LogP contribution in [0.15, 0.2) is 78.2 Å². The number of nitrogens with zero attached hydrogens (tertiary/aromatic N) is 1. The molecule has 1 heterocycles. The van der Waals surface area contributed by atoms with Gasteiger partial charge in [-0.05, 0) is 89.7 Å². The number of aliphatic hydroxyl groups excluding tert-OH is 1. The van der Waals surface area contributed by atoms with Gasteiger partial charge in [0.05, 0.1) is 13.2 Å². The van der Waals surface area contributed by atoms with Gasteiger partial charge in [-0.15, -0.1) is 11.3 Å². The summed E-state index contributed by atoms with van der Waals surface area (Å²) in [7, 11) is 0. The quantitative estimate of drug-likeness (QED) is 0.212. The molecule has 0 saturated heterocycles. The van der Waals surface area contributed by atoms with Crippen molar-refractivity contribution >= 4 is 22.1 Å². The highest BCUT2D eigenvalue weighted by Crippen LogP contribution is 2.24. The largest absolute Gasteiger partial charge is 0.494 e. The summed E-state index contributed by atoms with van der Waals surface area (Å²) in [5.74, 6) is 0.943. The molecule has 0 fully saturated rings. The normalized spacial score (nSPS) is 11.4. The summed E-state index contributed by atoms with van der Waals surface area (Å²) in [6, 6.07) is 25.9. The van der Waals surface area contributed by atoms with Crippen LogP contribution in [0.2, 0.25) is 0 Å². The molecule has 0 atom stereocenters. The van der Waals surface area contributed by atoms with Crippen LogP contribution in [0.3, 0.4) is 0 Å². The highest BCUT2D eigenvalue weighted by atomic mass is 32.1. The van der Waals surface area contributed by atoms with Gasteiger partial charge < -0.3 is 9.84 Å². The average Bonchev–Trinajstić information content (AvgIpc) is 3.26. The average molecular weight is 474 g/mol. The van der Waals surface area contributed by atoms with E-state index in [2.05, 4.69) is 90.0 Å². The minimum atomic E-state index is 0.172. The Morgan fingerprint density at radius 2 is 1.65 bits per heavy atom. The van der Waals surface area contributed by atoms with Gasteiger partial charge in [-0.1, -0.05) is 48.5 Å². The van der Waals surface area contributed by atoms with Crippen LogP contribution in [0, 0.1) is 6.92 Å². The van der Waals surface area contributed by atoms with E-state index in [0.29, 0.717) is 6.54 Å². The molecule has 4 aromatic rings. The number of aliphatic hydroxyl groups is 1. The Balaban J connectivity index is 1.27. The zero-order valence-corrected chi connectivity index (χ0v) is 20.9. The van der Waals surface area contributed by atoms with Gasteiger partial charge in [0, 0.05) is 24.5 Å². The van der Waals surface area contributed by atoms with Crippen LogP contribution in [0.25, 0.3) is 10.8 Å². The fourth-order valence-electron chi connectivity index (χ4n) is 4.29. The first kappa shape index (κ1) is 24.5. The van der Waals surface area contributed by atoms with E-state index in [4.69, 9.17) is 4.74 Å². The van der Waals surface area contributed by atoms with Crippen molar-refractivity contribution in [3.05, 3.63) is 99.7 Å². The van der Waals surface area contributed by atoms with Crippen molar-refractivity contribution in [2.75, 3.05) is 19.8 Å². The highest BCUT2D eigenvalue weighted by molar-refractivity contribution is 7.10. The van der Waals surface area contributed by atoms with Gasteiger partial charge >= 0.3 is 0 Å². The number of hydrogen-bond acceptors (Lipinski definition) is 4. The van der Waals surface area contributed by atoms with Gasteiger partial charge in [0.1, 0.15) is 5.75 Å². The second-order valence-electron chi connectivity index (χ2n) is 8.95. The Kier molecular flexibility index (Phi) is 9.14. The summed E-state index contributed by atoms with van der Waals surface area (Å²) in [5.41, 5.74) is 4.01. The molecule has 3 aromatic carbocycles. The minimum Gasteiger partial charge on any atom is -0.494 e. The molecule has 0 amide bonds. The van der Waals surface area contributed by atoms with Gasteiger partial charge in [-0.3, -0.25) is 4.90 Å². The molecule has 0 spiro atoms. The molecule has 3 nitrogen and oxygen atoms in total. The molecule has 4 rings (SSSR count). The third-order valence-electron chi connectivity index (χ3n) is 6.26. The molecule has 34 heavy (non-hydrogen) atoms. The van der Waals surface area contributed by atoms with Crippen molar-refractivity contribution in [3.63, 3.8) is 0 Å². The first-order valence-electron chi connectivity index (χ1n) is 12.3. The first-order chi connectivity index (χ1) is 16.7. The van der Waals surface area contributed by atoms with Crippen molar-refractivity contribution in [3.8, 4) is 5.75 Å². The number of ether oxygens (including phenoxy) is 1. The van der Waals surface area contributed by atoms with Crippen LogP contribution in [0.1, 0.15) is 40.8 Å². The second kappa shape index (κ2) is 12.7. The first-order valence-corrected chi connectivity index (χ1v) is 13.1. The molecule has 0 bridgehead atoms. The van der Waals surface area contributed by atoms with Gasteiger partial charge in [0.25, 0.3) is 0 Å². The Morgan fingerprint density at radius 3 is 2.44 bits per heavy atom. The van der Waals surface area contributed by atoms with Crippen molar-refractivity contribution in [2.45, 2.75) is 45.7 Å². The van der Waals surface area contributed by atoms with Gasteiger partial charge in [-0.25, -0.2) is 0 Å². The van der Waals surface area contributed by atoms with Crippen LogP contribution >= 0.6 is 11.3 Å². The zero-order chi connectivity index (χ0) is 23.6. The van der Waals surface area contributed by atoms with Gasteiger partial charge in [0.15, 0.2) is 0 Å². The van der Waals surface area contributed by atoms with Crippen LogP contribution in [0.5, 0.6) is 5.75 Å². The number of thiophene rings is 1. The number of unbranched alkanes of at least 4 members (excludes halogenated alkanes) is 2. The monoisotopic (exact) mass is 473 g/mol. The van der Waals surface area contributed by atoms with Crippen LogP contribution in [-0.4, -0.2) is 29.8 Å². The maximum absolute atomic E-state index is 9.53. The van der Waals surface area contributed by atoms with Crippen LogP contribution in [-0.2, 0) is 19.5 Å². The van der Waals surface area contributed by atoms with E-state index >= 15 is 0 Å². The minimum absolute atomic E-state index is 0.172. The van der Waals surface area contributed by atoms with E-state index < -0.39 is 0 Å². The molecule has 0 aliphatic heterocycles. The van der Waals surface area contributed by atoms with E-state index in [1.165, 1.54) is 45.2 Å². The van der Waals surface area contributed by atoms with Crippen molar-refractivity contribution in [2.24, 2.45) is 0 Å². The Morgan fingerprint density at radius 1 is 0.824 bits per heavy atom. The van der Waals surface area contributed by atoms with E-state index in [1.54, 1.807) is 11.3 Å². The predicted octanol–water partition coefficient (Wildman–Crippen LogP) is 7.00. The standard InChI is InChI=1S/C30H35NO2S/c1-24-15-19-34-30(24)23-31(16-17-32)22-26-11-12-28-21-29(14-13-27(28)20-26)33-18-7-3-6-10-25-8-4-2-5-9-25/h2,4-5,8-9,11-15,19-21,32H,3,6-7,10,16-18,22-23H2,1H3. The summed E-state index contributed by atoms with van der Waals surface area (Å²) >= 11 is 1.79. The smallest absolute Gasteiger partial charge is 0.119 e. The van der Waals surface area contributed by atoms with E-state index in [0.717, 1.165) is 38.3 Å². The van der Waals surface area contributed by atoms with Crippen molar-refractivity contribution in [1.29, 1.82) is 0 Å². The molecule has 0 aliphatic carbocycles. The third kappa shape index (κ3) is 7.17. The molecular formula is C30H35NO2S. The summed E-state index contributed by atoms with van der Waals surface area (Å²) in [4.78, 5) is 3.69. The molecule has 1 aromatic heterocycles. The molecule has 0 aliphatic rings. The number of fused-ring (bicyclic) bond motifs is 1. The molecule has 178 valence electrons. The maximum Gasteiger partial charge on any atom is 0.119 e. The summed E-state index contributed by atoms with van der Waals surface area (Å²) in [5, 5.41) is 14.1. The van der Waals surface area contributed by atoms with E-state index in [1.807, 2.05) is 0 Å². The summed E-state index contributed by atoms with van der Waals surface area (Å²) < 4.78 is 6.03. The maximum atomic E-state index is 9.53. The number of benzene rings is 3. The lowest BCUT2D eigenvalue weighted by Crippen LogP contribution is -2.25. The fourth-order valence-corrected chi connectivity index (χ4v) is 5.23. The Bertz CT molecular complexity index is 1150. The third-order valence-corrected chi connectivity index (χ3v) is 7.26. The SMILES string of the molecule is Cc1ccsc1CN(CCO)Cc1ccc2cc(OCCCCCc3ccccc3)ccc2c1. The van der Waals surface area contributed by atoms with E-state index in [9.17, 15) is 5.11 Å².